The van der Waals surface area contributed by atoms with Crippen LogP contribution < -0.4 is 4.90 Å². The highest BCUT2D eigenvalue weighted by molar-refractivity contribution is 5.99. The second kappa shape index (κ2) is 8.65. The van der Waals surface area contributed by atoms with Crippen LogP contribution in [0.15, 0.2) is 30.3 Å². The van der Waals surface area contributed by atoms with Crippen molar-refractivity contribution in [3.8, 4) is 0 Å². The molecule has 0 spiro atoms. The number of carboxylic acid groups (broad SMARTS) is 1. The highest BCUT2D eigenvalue weighted by Gasteiger charge is 2.38. The minimum Gasteiger partial charge on any atom is -0.480 e. The van der Waals surface area contributed by atoms with Crippen LogP contribution in [-0.2, 0) is 9.59 Å². The van der Waals surface area contributed by atoms with Crippen LogP contribution in [0.1, 0.15) is 19.3 Å². The summed E-state index contributed by atoms with van der Waals surface area (Å²) in [5.41, 5.74) is 0.973. The van der Waals surface area contributed by atoms with Gasteiger partial charge in [0.2, 0.25) is 5.91 Å². The Hall–Kier alpha value is -1.63. The Balaban J connectivity index is 0.00000225. The SMILES string of the molecule is CN(CC(=O)O)C1CCN(C2CCN(c3ccccc3)C2=O)CC1.Cl. The van der Waals surface area contributed by atoms with Gasteiger partial charge in [-0.05, 0) is 38.4 Å². The zero-order valence-corrected chi connectivity index (χ0v) is 15.3. The lowest BCUT2D eigenvalue weighted by Gasteiger charge is -2.38. The van der Waals surface area contributed by atoms with E-state index in [-0.39, 0.29) is 30.9 Å². The molecule has 25 heavy (non-hydrogen) atoms. The predicted octanol–water partition coefficient (Wildman–Crippen LogP) is 1.69. The van der Waals surface area contributed by atoms with Crippen molar-refractivity contribution in [3.05, 3.63) is 30.3 Å². The van der Waals surface area contributed by atoms with Crippen LogP contribution in [0, 0.1) is 0 Å². The second-order valence-electron chi connectivity index (χ2n) is 6.71. The number of rotatable bonds is 5. The van der Waals surface area contributed by atoms with Crippen LogP contribution >= 0.6 is 12.4 Å². The lowest BCUT2D eigenvalue weighted by Crippen LogP contribution is -2.50. The van der Waals surface area contributed by atoms with Gasteiger partial charge in [-0.1, -0.05) is 18.2 Å². The lowest BCUT2D eigenvalue weighted by atomic mass is 10.0. The number of para-hydroxylation sites is 1. The molecule has 3 rings (SSSR count). The van der Waals surface area contributed by atoms with Gasteiger partial charge in [0.25, 0.3) is 0 Å². The van der Waals surface area contributed by atoms with Crippen molar-refractivity contribution in [1.29, 1.82) is 0 Å². The fourth-order valence-corrected chi connectivity index (χ4v) is 3.85. The number of amides is 1. The summed E-state index contributed by atoms with van der Waals surface area (Å²) in [5.74, 6) is -0.594. The van der Waals surface area contributed by atoms with Gasteiger partial charge in [-0.25, -0.2) is 0 Å². The molecular weight excluding hydrogens is 342 g/mol. The van der Waals surface area contributed by atoms with Crippen molar-refractivity contribution in [1.82, 2.24) is 9.80 Å². The maximum Gasteiger partial charge on any atom is 0.317 e. The number of aliphatic carboxylic acids is 1. The quantitative estimate of drug-likeness (QED) is 0.858. The summed E-state index contributed by atoms with van der Waals surface area (Å²) in [6.07, 6.45) is 2.70. The molecular formula is C18H26ClN3O3. The molecule has 138 valence electrons. The number of anilines is 1. The van der Waals surface area contributed by atoms with Gasteiger partial charge in [0, 0.05) is 31.4 Å². The Morgan fingerprint density at radius 1 is 1.16 bits per heavy atom. The summed E-state index contributed by atoms with van der Waals surface area (Å²) in [6.45, 7) is 2.56. The zero-order valence-electron chi connectivity index (χ0n) is 14.5. The van der Waals surface area contributed by atoms with Crippen molar-refractivity contribution in [3.63, 3.8) is 0 Å². The molecule has 2 aliphatic rings. The van der Waals surface area contributed by atoms with E-state index in [1.807, 2.05) is 47.2 Å². The molecule has 1 amide bonds. The van der Waals surface area contributed by atoms with Crippen LogP contribution in [0.25, 0.3) is 0 Å². The molecule has 0 bridgehead atoms. The van der Waals surface area contributed by atoms with E-state index < -0.39 is 5.97 Å². The zero-order chi connectivity index (χ0) is 17.1. The summed E-state index contributed by atoms with van der Waals surface area (Å²) in [6, 6.07) is 10.1. The topological polar surface area (TPSA) is 64.1 Å². The van der Waals surface area contributed by atoms with Crippen LogP contribution in [0.2, 0.25) is 0 Å². The molecule has 1 unspecified atom stereocenters. The number of benzene rings is 1. The maximum atomic E-state index is 12.8. The molecule has 2 aliphatic heterocycles. The molecule has 0 aromatic heterocycles. The minimum atomic E-state index is -0.788. The Morgan fingerprint density at radius 3 is 2.40 bits per heavy atom. The number of hydrogen-bond acceptors (Lipinski definition) is 4. The van der Waals surface area contributed by atoms with Gasteiger partial charge < -0.3 is 10.0 Å². The monoisotopic (exact) mass is 367 g/mol. The normalized spacial score (nSPS) is 22.2. The van der Waals surface area contributed by atoms with E-state index in [0.29, 0.717) is 6.04 Å². The van der Waals surface area contributed by atoms with E-state index in [1.165, 1.54) is 0 Å². The molecule has 7 heteroatoms. The number of carboxylic acids is 1. The van der Waals surface area contributed by atoms with Gasteiger partial charge in [-0.2, -0.15) is 0 Å². The fraction of sp³-hybridized carbons (Fsp3) is 0.556. The molecule has 0 aliphatic carbocycles. The fourth-order valence-electron chi connectivity index (χ4n) is 3.85. The summed E-state index contributed by atoms with van der Waals surface area (Å²) in [5, 5.41) is 8.91. The van der Waals surface area contributed by atoms with Crippen LogP contribution in [0.4, 0.5) is 5.69 Å². The molecule has 1 aromatic rings. The van der Waals surface area contributed by atoms with Gasteiger partial charge in [0.15, 0.2) is 0 Å². The van der Waals surface area contributed by atoms with Gasteiger partial charge in [0.1, 0.15) is 0 Å². The van der Waals surface area contributed by atoms with E-state index in [9.17, 15) is 9.59 Å². The first-order chi connectivity index (χ1) is 11.6. The standard InChI is InChI=1S/C18H25N3O3.ClH/c1-19(13-17(22)23)14-7-10-20(11-8-14)16-9-12-21(18(16)24)15-5-3-2-4-6-15;/h2-6,14,16H,7-13H2,1H3,(H,22,23);1H. The summed E-state index contributed by atoms with van der Waals surface area (Å²) < 4.78 is 0. The molecule has 1 atom stereocenters. The van der Waals surface area contributed by atoms with Crippen molar-refractivity contribution in [2.45, 2.75) is 31.3 Å². The number of halogens is 1. The number of nitrogens with zero attached hydrogens (tertiary/aromatic N) is 3. The van der Waals surface area contributed by atoms with E-state index in [2.05, 4.69) is 4.90 Å². The summed E-state index contributed by atoms with van der Waals surface area (Å²) >= 11 is 0. The number of likely N-dealkylation sites (tertiary alicyclic amines) is 1. The largest absolute Gasteiger partial charge is 0.480 e. The third-order valence-corrected chi connectivity index (χ3v) is 5.19. The van der Waals surface area contributed by atoms with E-state index in [1.54, 1.807) is 0 Å². The second-order valence-corrected chi connectivity index (χ2v) is 6.71. The third kappa shape index (κ3) is 4.51. The Kier molecular flexibility index (Phi) is 6.81. The molecule has 1 aromatic carbocycles. The average molecular weight is 368 g/mol. The van der Waals surface area contributed by atoms with Crippen molar-refractivity contribution < 1.29 is 14.7 Å². The highest BCUT2D eigenvalue weighted by Crippen LogP contribution is 2.26. The predicted molar refractivity (Wildman–Crippen MR) is 99.3 cm³/mol. The van der Waals surface area contributed by atoms with Gasteiger partial charge in [-0.15, -0.1) is 12.4 Å². The Bertz CT molecular complexity index is 590. The molecule has 1 N–H and O–H groups in total. The molecule has 0 radical (unpaired) electrons. The summed E-state index contributed by atoms with van der Waals surface area (Å²) in [7, 11) is 1.87. The van der Waals surface area contributed by atoms with Crippen LogP contribution in [0.5, 0.6) is 0 Å². The Labute approximate surface area is 154 Å². The molecule has 2 fully saturated rings. The van der Waals surface area contributed by atoms with E-state index >= 15 is 0 Å². The first kappa shape index (κ1) is 19.7. The first-order valence-electron chi connectivity index (χ1n) is 8.59. The molecule has 2 saturated heterocycles. The lowest BCUT2D eigenvalue weighted by molar-refractivity contribution is -0.138. The van der Waals surface area contributed by atoms with Gasteiger partial charge >= 0.3 is 5.97 Å². The minimum absolute atomic E-state index is 0. The number of carbonyl (C=O) groups excluding carboxylic acids is 1. The number of hydrogen-bond donors (Lipinski definition) is 1. The average Bonchev–Trinajstić information content (AvgIpc) is 2.97. The summed E-state index contributed by atoms with van der Waals surface area (Å²) in [4.78, 5) is 29.7. The third-order valence-electron chi connectivity index (χ3n) is 5.19. The van der Waals surface area contributed by atoms with Crippen molar-refractivity contribution >= 4 is 30.0 Å². The van der Waals surface area contributed by atoms with E-state index in [0.717, 1.165) is 44.6 Å². The van der Waals surface area contributed by atoms with Crippen molar-refractivity contribution in [2.75, 3.05) is 38.1 Å². The number of piperidine rings is 1. The highest BCUT2D eigenvalue weighted by atomic mass is 35.5. The van der Waals surface area contributed by atoms with Crippen LogP contribution in [0.3, 0.4) is 0 Å². The first-order valence-corrected chi connectivity index (χ1v) is 8.59. The van der Waals surface area contributed by atoms with Gasteiger partial charge in [-0.3, -0.25) is 19.4 Å². The van der Waals surface area contributed by atoms with Gasteiger partial charge in [0.05, 0.1) is 12.6 Å². The van der Waals surface area contributed by atoms with Crippen molar-refractivity contribution in [2.24, 2.45) is 0 Å². The number of likely N-dealkylation sites (N-methyl/N-ethyl adjacent to an activating group) is 1. The molecule has 0 saturated carbocycles. The number of carbonyl (C=O) groups is 2. The smallest absolute Gasteiger partial charge is 0.317 e. The maximum absolute atomic E-state index is 12.8. The molecule has 6 nitrogen and oxygen atoms in total. The van der Waals surface area contributed by atoms with E-state index in [4.69, 9.17) is 5.11 Å². The molecule has 2 heterocycles. The Morgan fingerprint density at radius 2 is 1.80 bits per heavy atom. The van der Waals surface area contributed by atoms with Crippen LogP contribution in [-0.4, -0.2) is 72.1 Å².